The predicted octanol–water partition coefficient (Wildman–Crippen LogP) is 4.20. The topological polar surface area (TPSA) is 97.6 Å². The Kier molecular flexibility index (Phi) is 6.47. The quantitative estimate of drug-likeness (QED) is 0.485. The molecule has 0 N–H and O–H groups in total. The fourth-order valence-electron chi connectivity index (χ4n) is 3.54. The Bertz CT molecular complexity index is 1070. The van der Waals surface area contributed by atoms with Gasteiger partial charge in [-0.15, -0.1) is 0 Å². The molecular formula is C21H23ClN2O5S. The number of nitro benzene ring substituents is 1. The molecule has 160 valence electrons. The Labute approximate surface area is 180 Å². The lowest BCUT2D eigenvalue weighted by molar-refractivity contribution is -0.384. The highest BCUT2D eigenvalue weighted by Crippen LogP contribution is 2.28. The number of hydrogen-bond acceptors (Lipinski definition) is 5. The second-order valence-electron chi connectivity index (χ2n) is 7.81. The molecule has 2 aromatic carbocycles. The van der Waals surface area contributed by atoms with E-state index < -0.39 is 26.7 Å². The third-order valence-corrected chi connectivity index (χ3v) is 7.37. The van der Waals surface area contributed by atoms with Gasteiger partial charge in [-0.2, -0.15) is 0 Å². The summed E-state index contributed by atoms with van der Waals surface area (Å²) in [6.07, 6.45) is 0.341. The minimum absolute atomic E-state index is 0.0223. The molecule has 1 fully saturated rings. The van der Waals surface area contributed by atoms with Gasteiger partial charge in [0.2, 0.25) is 0 Å². The molecule has 2 aromatic rings. The molecule has 1 heterocycles. The van der Waals surface area contributed by atoms with Crippen LogP contribution in [0.5, 0.6) is 0 Å². The van der Waals surface area contributed by atoms with Crippen LogP contribution in [0.3, 0.4) is 0 Å². The second-order valence-corrected chi connectivity index (χ2v) is 10.4. The van der Waals surface area contributed by atoms with Crippen LogP contribution in [0, 0.1) is 10.1 Å². The number of hydrogen-bond donors (Lipinski definition) is 0. The van der Waals surface area contributed by atoms with Gasteiger partial charge in [0.25, 0.3) is 11.6 Å². The van der Waals surface area contributed by atoms with Crippen molar-refractivity contribution in [2.24, 2.45) is 0 Å². The van der Waals surface area contributed by atoms with Crippen LogP contribution in [-0.2, 0) is 16.4 Å². The summed E-state index contributed by atoms with van der Waals surface area (Å²) in [5.41, 5.74) is 1.77. The highest BCUT2D eigenvalue weighted by Gasteiger charge is 2.35. The molecule has 1 aliphatic heterocycles. The molecule has 7 nitrogen and oxygen atoms in total. The first-order valence-corrected chi connectivity index (χ1v) is 11.8. The van der Waals surface area contributed by atoms with E-state index in [0.29, 0.717) is 12.3 Å². The van der Waals surface area contributed by atoms with Crippen LogP contribution >= 0.6 is 11.6 Å². The lowest BCUT2D eigenvalue weighted by Gasteiger charge is -2.28. The number of rotatable bonds is 6. The molecule has 0 radical (unpaired) electrons. The molecule has 0 saturated carbocycles. The molecular weight excluding hydrogens is 428 g/mol. The van der Waals surface area contributed by atoms with Gasteiger partial charge in [0, 0.05) is 24.2 Å². The van der Waals surface area contributed by atoms with Crippen molar-refractivity contribution in [2.45, 2.75) is 38.8 Å². The second kappa shape index (κ2) is 8.73. The summed E-state index contributed by atoms with van der Waals surface area (Å²) in [6.45, 7) is 4.39. The molecule has 1 amide bonds. The Hall–Kier alpha value is -2.45. The Morgan fingerprint density at radius 3 is 2.43 bits per heavy atom. The smallest absolute Gasteiger partial charge is 0.288 e. The Morgan fingerprint density at radius 2 is 1.90 bits per heavy atom. The lowest BCUT2D eigenvalue weighted by Crippen LogP contribution is -2.40. The van der Waals surface area contributed by atoms with E-state index in [1.165, 1.54) is 17.0 Å². The number of amides is 1. The molecule has 1 atom stereocenters. The first-order chi connectivity index (χ1) is 14.1. The fourth-order valence-corrected chi connectivity index (χ4v) is 5.46. The van der Waals surface area contributed by atoms with Crippen molar-refractivity contribution in [3.8, 4) is 0 Å². The van der Waals surface area contributed by atoms with Gasteiger partial charge >= 0.3 is 0 Å². The summed E-state index contributed by atoms with van der Waals surface area (Å²) in [7, 11) is -3.22. The number of benzene rings is 2. The van der Waals surface area contributed by atoms with Crippen molar-refractivity contribution in [1.82, 2.24) is 4.90 Å². The van der Waals surface area contributed by atoms with Crippen LogP contribution in [0.15, 0.2) is 42.5 Å². The third kappa shape index (κ3) is 4.99. The molecule has 0 bridgehead atoms. The zero-order chi connectivity index (χ0) is 22.1. The van der Waals surface area contributed by atoms with E-state index in [4.69, 9.17) is 11.6 Å². The van der Waals surface area contributed by atoms with Crippen molar-refractivity contribution in [2.75, 3.05) is 11.5 Å². The minimum atomic E-state index is -3.22. The van der Waals surface area contributed by atoms with Crippen LogP contribution in [0.2, 0.25) is 5.02 Å². The van der Waals surface area contributed by atoms with Crippen molar-refractivity contribution in [3.05, 3.63) is 74.3 Å². The van der Waals surface area contributed by atoms with Gasteiger partial charge in [-0.1, -0.05) is 49.7 Å². The van der Waals surface area contributed by atoms with Gasteiger partial charge in [-0.25, -0.2) is 8.42 Å². The maximum Gasteiger partial charge on any atom is 0.288 e. The molecule has 0 aromatic heterocycles. The minimum Gasteiger partial charge on any atom is -0.330 e. The van der Waals surface area contributed by atoms with E-state index in [2.05, 4.69) is 13.8 Å². The summed E-state index contributed by atoms with van der Waals surface area (Å²) >= 11 is 5.86. The molecule has 1 unspecified atom stereocenters. The first-order valence-electron chi connectivity index (χ1n) is 9.61. The Morgan fingerprint density at radius 1 is 1.23 bits per heavy atom. The summed E-state index contributed by atoms with van der Waals surface area (Å²) < 4.78 is 24.0. The molecule has 0 aliphatic carbocycles. The molecule has 3 rings (SSSR count). The third-order valence-electron chi connectivity index (χ3n) is 5.30. The van der Waals surface area contributed by atoms with Gasteiger partial charge in [-0.3, -0.25) is 14.9 Å². The van der Waals surface area contributed by atoms with Gasteiger partial charge in [0.1, 0.15) is 5.02 Å². The number of carbonyl (C=O) groups excluding carboxylic acids is 1. The van der Waals surface area contributed by atoms with Gasteiger partial charge < -0.3 is 4.90 Å². The van der Waals surface area contributed by atoms with Crippen LogP contribution < -0.4 is 0 Å². The number of sulfone groups is 1. The molecule has 1 saturated heterocycles. The maximum absolute atomic E-state index is 13.3. The molecule has 9 heteroatoms. The molecule has 30 heavy (non-hydrogen) atoms. The van der Waals surface area contributed by atoms with E-state index in [0.717, 1.165) is 17.2 Å². The van der Waals surface area contributed by atoms with Crippen LogP contribution in [0.1, 0.15) is 47.7 Å². The average molecular weight is 451 g/mol. The summed E-state index contributed by atoms with van der Waals surface area (Å²) in [6, 6.07) is 11.2. The Balaban J connectivity index is 1.94. The van der Waals surface area contributed by atoms with Crippen molar-refractivity contribution < 1.29 is 18.1 Å². The first kappa shape index (κ1) is 22.2. The highest BCUT2D eigenvalue weighted by atomic mass is 35.5. The molecule has 1 aliphatic rings. The van der Waals surface area contributed by atoms with E-state index in [1.807, 2.05) is 24.3 Å². The zero-order valence-electron chi connectivity index (χ0n) is 16.7. The maximum atomic E-state index is 13.3. The van der Waals surface area contributed by atoms with Crippen molar-refractivity contribution in [1.29, 1.82) is 0 Å². The zero-order valence-corrected chi connectivity index (χ0v) is 18.3. The monoisotopic (exact) mass is 450 g/mol. The number of nitrogens with zero attached hydrogens (tertiary/aromatic N) is 2. The number of carbonyl (C=O) groups is 1. The van der Waals surface area contributed by atoms with E-state index in [9.17, 15) is 23.3 Å². The van der Waals surface area contributed by atoms with Crippen LogP contribution in [-0.4, -0.2) is 41.7 Å². The largest absolute Gasteiger partial charge is 0.330 e. The summed E-state index contributed by atoms with van der Waals surface area (Å²) in [4.78, 5) is 25.3. The van der Waals surface area contributed by atoms with Crippen molar-refractivity contribution in [3.63, 3.8) is 0 Å². The number of halogens is 1. The van der Waals surface area contributed by atoms with Gasteiger partial charge in [0.05, 0.1) is 16.4 Å². The normalized spacial score (nSPS) is 17.8. The average Bonchev–Trinajstić information content (AvgIpc) is 3.05. The standard InChI is InChI=1S/C21H23ClN2O5S/c1-14(2)16-5-3-15(4-6-16)12-23(18-9-10-30(28,29)13-18)21(25)17-7-8-19(22)20(11-17)24(26)27/h3-8,11,14,18H,9-10,12-13H2,1-2H3. The lowest BCUT2D eigenvalue weighted by atomic mass is 10.0. The fraction of sp³-hybridized carbons (Fsp3) is 0.381. The van der Waals surface area contributed by atoms with Crippen LogP contribution in [0.4, 0.5) is 5.69 Å². The van der Waals surface area contributed by atoms with Crippen LogP contribution in [0.25, 0.3) is 0 Å². The molecule has 0 spiro atoms. The summed E-state index contributed by atoms with van der Waals surface area (Å²) in [5, 5.41) is 11.1. The predicted molar refractivity (Wildman–Crippen MR) is 116 cm³/mol. The number of nitro groups is 1. The van der Waals surface area contributed by atoms with Gasteiger partial charge in [0.15, 0.2) is 9.84 Å². The van der Waals surface area contributed by atoms with Crippen molar-refractivity contribution >= 4 is 33.0 Å². The van der Waals surface area contributed by atoms with Gasteiger partial charge in [-0.05, 0) is 35.6 Å². The van der Waals surface area contributed by atoms with E-state index in [1.54, 1.807) is 0 Å². The van der Waals surface area contributed by atoms with E-state index >= 15 is 0 Å². The highest BCUT2D eigenvalue weighted by molar-refractivity contribution is 7.91. The summed E-state index contributed by atoms with van der Waals surface area (Å²) in [5.74, 6) is -0.177. The SMILES string of the molecule is CC(C)c1ccc(CN(C(=O)c2ccc(Cl)c([N+](=O)[O-])c2)C2CCS(=O)(=O)C2)cc1. The van der Waals surface area contributed by atoms with E-state index in [-0.39, 0.29) is 34.3 Å².